The summed E-state index contributed by atoms with van der Waals surface area (Å²) in [6, 6.07) is -0.107. The Hall–Kier alpha value is -0.170. The summed E-state index contributed by atoms with van der Waals surface area (Å²) in [6.45, 7) is 3.71. The SMILES string of the molecule is CCC(CCCl)NS(=O)(=O)c1cnc(C)s1. The summed E-state index contributed by atoms with van der Waals surface area (Å²) in [5.41, 5.74) is 0. The van der Waals surface area contributed by atoms with Crippen LogP contribution < -0.4 is 4.72 Å². The predicted octanol–water partition coefficient (Wildman–Crippen LogP) is 2.14. The summed E-state index contributed by atoms with van der Waals surface area (Å²) in [5.74, 6) is 0.447. The highest BCUT2D eigenvalue weighted by atomic mass is 35.5. The molecular weight excluding hydrogens is 268 g/mol. The highest BCUT2D eigenvalue weighted by Crippen LogP contribution is 2.18. The van der Waals surface area contributed by atoms with Crippen molar-refractivity contribution < 1.29 is 8.42 Å². The normalized spacial score (nSPS) is 13.9. The molecule has 1 rings (SSSR count). The summed E-state index contributed by atoms with van der Waals surface area (Å²) in [4.78, 5) is 3.94. The number of aryl methyl sites for hydroxylation is 1. The Morgan fingerprint density at radius 1 is 1.62 bits per heavy atom. The number of rotatable bonds is 6. The van der Waals surface area contributed by atoms with Gasteiger partial charge in [-0.2, -0.15) is 0 Å². The lowest BCUT2D eigenvalue weighted by Crippen LogP contribution is -2.34. The van der Waals surface area contributed by atoms with Gasteiger partial charge in [0.1, 0.15) is 0 Å². The van der Waals surface area contributed by atoms with E-state index in [2.05, 4.69) is 9.71 Å². The first-order valence-corrected chi connectivity index (χ1v) is 7.83. The molecule has 0 aliphatic carbocycles. The maximum Gasteiger partial charge on any atom is 0.251 e. The van der Waals surface area contributed by atoms with E-state index in [1.54, 1.807) is 6.92 Å². The molecule has 0 saturated heterocycles. The highest BCUT2D eigenvalue weighted by molar-refractivity contribution is 7.91. The largest absolute Gasteiger partial charge is 0.251 e. The van der Waals surface area contributed by atoms with Crippen LogP contribution >= 0.6 is 22.9 Å². The molecule has 1 unspecified atom stereocenters. The first-order valence-electron chi connectivity index (χ1n) is 5.00. The van der Waals surface area contributed by atoms with Crippen LogP contribution in [0.15, 0.2) is 10.4 Å². The first kappa shape index (κ1) is 13.9. The second-order valence-electron chi connectivity index (χ2n) is 3.40. The van der Waals surface area contributed by atoms with Gasteiger partial charge in [0, 0.05) is 11.9 Å². The fourth-order valence-corrected chi connectivity index (χ4v) is 3.96. The Morgan fingerprint density at radius 2 is 2.31 bits per heavy atom. The third-order valence-corrected chi connectivity index (χ3v) is 5.25. The lowest BCUT2D eigenvalue weighted by molar-refractivity contribution is 0.533. The second kappa shape index (κ2) is 5.95. The number of thiazole rings is 1. The van der Waals surface area contributed by atoms with Crippen LogP contribution in [0.2, 0.25) is 0 Å². The summed E-state index contributed by atoms with van der Waals surface area (Å²) >= 11 is 6.78. The maximum absolute atomic E-state index is 11.9. The molecule has 1 heterocycles. The molecule has 4 nitrogen and oxygen atoms in total. The van der Waals surface area contributed by atoms with Crippen LogP contribution in [0.1, 0.15) is 24.8 Å². The number of alkyl halides is 1. The van der Waals surface area contributed by atoms with Gasteiger partial charge in [-0.3, -0.25) is 0 Å². The van der Waals surface area contributed by atoms with Crippen LogP contribution in [0, 0.1) is 6.92 Å². The second-order valence-corrected chi connectivity index (χ2v) is 6.96. The van der Waals surface area contributed by atoms with E-state index >= 15 is 0 Å². The van der Waals surface area contributed by atoms with Crippen molar-refractivity contribution in [3.63, 3.8) is 0 Å². The third-order valence-electron chi connectivity index (χ3n) is 2.14. The molecule has 0 bridgehead atoms. The molecule has 1 aromatic rings. The smallest absolute Gasteiger partial charge is 0.249 e. The molecule has 0 saturated carbocycles. The van der Waals surface area contributed by atoms with Gasteiger partial charge in [0.25, 0.3) is 10.0 Å². The minimum absolute atomic E-state index is 0.107. The monoisotopic (exact) mass is 282 g/mol. The lowest BCUT2D eigenvalue weighted by atomic mass is 10.2. The number of halogens is 1. The van der Waals surface area contributed by atoms with E-state index in [1.807, 2.05) is 6.92 Å². The van der Waals surface area contributed by atoms with Gasteiger partial charge in [0.05, 0.1) is 11.2 Å². The molecule has 0 aliphatic heterocycles. The van der Waals surface area contributed by atoms with E-state index in [1.165, 1.54) is 17.5 Å². The molecule has 0 radical (unpaired) electrons. The predicted molar refractivity (Wildman–Crippen MR) is 66.6 cm³/mol. The minimum atomic E-state index is -3.43. The minimum Gasteiger partial charge on any atom is -0.249 e. The van der Waals surface area contributed by atoms with Gasteiger partial charge >= 0.3 is 0 Å². The van der Waals surface area contributed by atoms with Crippen molar-refractivity contribution in [2.45, 2.75) is 36.9 Å². The maximum atomic E-state index is 11.9. The van der Waals surface area contributed by atoms with Gasteiger partial charge in [-0.05, 0) is 19.8 Å². The Morgan fingerprint density at radius 3 is 2.75 bits per heavy atom. The summed E-state index contributed by atoms with van der Waals surface area (Å²) in [7, 11) is -3.43. The van der Waals surface area contributed by atoms with Crippen molar-refractivity contribution in [3.8, 4) is 0 Å². The lowest BCUT2D eigenvalue weighted by Gasteiger charge is -2.14. The summed E-state index contributed by atoms with van der Waals surface area (Å²) in [5, 5.41) is 0.741. The summed E-state index contributed by atoms with van der Waals surface area (Å²) in [6.07, 6.45) is 2.74. The van der Waals surface area contributed by atoms with Gasteiger partial charge in [-0.25, -0.2) is 18.1 Å². The molecule has 7 heteroatoms. The van der Waals surface area contributed by atoms with E-state index < -0.39 is 10.0 Å². The zero-order valence-electron chi connectivity index (χ0n) is 9.23. The molecular formula is C9H15ClN2O2S2. The number of nitrogens with one attached hydrogen (secondary N) is 1. The Labute approximate surface area is 105 Å². The average molecular weight is 283 g/mol. The Balaban J connectivity index is 2.78. The van der Waals surface area contributed by atoms with Crippen LogP contribution in [0.3, 0.4) is 0 Å². The van der Waals surface area contributed by atoms with Crippen LogP contribution in [0.25, 0.3) is 0 Å². The molecule has 16 heavy (non-hydrogen) atoms. The molecule has 1 N–H and O–H groups in total. The highest BCUT2D eigenvalue weighted by Gasteiger charge is 2.20. The zero-order valence-corrected chi connectivity index (χ0v) is 11.6. The van der Waals surface area contributed by atoms with Crippen molar-refractivity contribution in [3.05, 3.63) is 11.2 Å². The quantitative estimate of drug-likeness (QED) is 0.813. The standard InChI is InChI=1S/C9H15ClN2O2S2/c1-3-8(4-5-10)12-16(13,14)9-6-11-7(2)15-9/h6,8,12H,3-5H2,1-2H3. The first-order chi connectivity index (χ1) is 7.49. The summed E-state index contributed by atoms with van der Waals surface area (Å²) < 4.78 is 26.7. The van der Waals surface area contributed by atoms with Crippen molar-refractivity contribution in [1.82, 2.24) is 9.71 Å². The van der Waals surface area contributed by atoms with Gasteiger partial charge in [0.2, 0.25) is 0 Å². The van der Waals surface area contributed by atoms with E-state index in [-0.39, 0.29) is 10.3 Å². The molecule has 1 aromatic heterocycles. The van der Waals surface area contributed by atoms with Crippen molar-refractivity contribution >= 4 is 33.0 Å². The molecule has 0 fully saturated rings. The molecule has 0 spiro atoms. The van der Waals surface area contributed by atoms with Gasteiger partial charge in [-0.15, -0.1) is 22.9 Å². The molecule has 0 aliphatic rings. The van der Waals surface area contributed by atoms with E-state index in [0.29, 0.717) is 12.3 Å². The molecule has 0 aromatic carbocycles. The Kier molecular flexibility index (Phi) is 5.17. The van der Waals surface area contributed by atoms with E-state index in [4.69, 9.17) is 11.6 Å². The number of sulfonamides is 1. The van der Waals surface area contributed by atoms with Crippen LogP contribution in [-0.4, -0.2) is 25.3 Å². The van der Waals surface area contributed by atoms with E-state index in [9.17, 15) is 8.42 Å². The zero-order chi connectivity index (χ0) is 12.2. The van der Waals surface area contributed by atoms with Crippen molar-refractivity contribution in [2.75, 3.05) is 5.88 Å². The topological polar surface area (TPSA) is 59.1 Å². The fraction of sp³-hybridized carbons (Fsp3) is 0.667. The number of aromatic nitrogens is 1. The van der Waals surface area contributed by atoms with Gasteiger partial charge in [-0.1, -0.05) is 6.92 Å². The number of hydrogen-bond donors (Lipinski definition) is 1. The van der Waals surface area contributed by atoms with Gasteiger partial charge in [0.15, 0.2) is 4.21 Å². The van der Waals surface area contributed by atoms with Crippen molar-refractivity contribution in [1.29, 1.82) is 0 Å². The van der Waals surface area contributed by atoms with Crippen LogP contribution in [-0.2, 0) is 10.0 Å². The van der Waals surface area contributed by atoms with Crippen molar-refractivity contribution in [2.24, 2.45) is 0 Å². The van der Waals surface area contributed by atoms with Crippen LogP contribution in [0.5, 0.6) is 0 Å². The Bertz CT molecular complexity index is 430. The van der Waals surface area contributed by atoms with E-state index in [0.717, 1.165) is 11.4 Å². The molecule has 92 valence electrons. The molecule has 0 amide bonds. The van der Waals surface area contributed by atoms with Gasteiger partial charge < -0.3 is 0 Å². The average Bonchev–Trinajstić information content (AvgIpc) is 2.64. The molecule has 1 atom stereocenters. The third kappa shape index (κ3) is 3.69. The number of hydrogen-bond acceptors (Lipinski definition) is 4. The van der Waals surface area contributed by atoms with Crippen LogP contribution in [0.4, 0.5) is 0 Å². The number of nitrogens with zero attached hydrogens (tertiary/aromatic N) is 1. The fourth-order valence-electron chi connectivity index (χ4n) is 1.22.